The third-order valence-corrected chi connectivity index (χ3v) is 5.67. The molecule has 3 aromatic heterocycles. The number of amides is 1. The first-order valence-corrected chi connectivity index (χ1v) is 11.2. The Morgan fingerprint density at radius 1 is 1.25 bits per heavy atom. The van der Waals surface area contributed by atoms with Crippen molar-refractivity contribution in [2.24, 2.45) is 0 Å². The first-order chi connectivity index (χ1) is 15.5. The molecule has 0 spiro atoms. The second-order valence-corrected chi connectivity index (χ2v) is 8.63. The Balaban J connectivity index is 1.32. The molecule has 0 radical (unpaired) electrons. The number of nitrogens with zero attached hydrogens (tertiary/aromatic N) is 5. The first-order valence-electron chi connectivity index (χ1n) is 11.2. The predicted molar refractivity (Wildman–Crippen MR) is 122 cm³/mol. The van der Waals surface area contributed by atoms with Crippen molar-refractivity contribution in [1.82, 2.24) is 25.1 Å². The molecule has 8 nitrogen and oxygen atoms in total. The quantitative estimate of drug-likeness (QED) is 0.589. The molecule has 4 rings (SSSR count). The van der Waals surface area contributed by atoms with Crippen molar-refractivity contribution in [3.8, 4) is 0 Å². The Hall–Kier alpha value is -3.29. The molecule has 32 heavy (non-hydrogen) atoms. The Morgan fingerprint density at radius 2 is 2.12 bits per heavy atom. The summed E-state index contributed by atoms with van der Waals surface area (Å²) in [6.07, 6.45) is 4.70. The molecule has 8 heteroatoms. The van der Waals surface area contributed by atoms with E-state index in [-0.39, 0.29) is 17.7 Å². The summed E-state index contributed by atoms with van der Waals surface area (Å²) in [4.78, 5) is 23.8. The van der Waals surface area contributed by atoms with Gasteiger partial charge in [-0.25, -0.2) is 4.98 Å². The summed E-state index contributed by atoms with van der Waals surface area (Å²) in [6, 6.07) is 9.94. The van der Waals surface area contributed by atoms with Crippen molar-refractivity contribution < 1.29 is 9.21 Å². The van der Waals surface area contributed by atoms with Crippen molar-refractivity contribution in [3.63, 3.8) is 0 Å². The lowest BCUT2D eigenvalue weighted by atomic mass is 9.94. The molecule has 168 valence electrons. The molecule has 1 amide bonds. The number of aromatic nitrogens is 4. The van der Waals surface area contributed by atoms with Crippen LogP contribution in [-0.4, -0.2) is 44.1 Å². The fraction of sp³-hybridized carbons (Fsp3) is 0.458. The monoisotopic (exact) mass is 434 g/mol. The van der Waals surface area contributed by atoms with Gasteiger partial charge in [0.2, 0.25) is 17.7 Å². The van der Waals surface area contributed by atoms with Crippen LogP contribution in [0.3, 0.4) is 0 Å². The molecule has 0 bridgehead atoms. The summed E-state index contributed by atoms with van der Waals surface area (Å²) in [5, 5.41) is 11.4. The van der Waals surface area contributed by atoms with Gasteiger partial charge in [-0.2, -0.15) is 0 Å². The molecular weight excluding hydrogens is 404 g/mol. The van der Waals surface area contributed by atoms with E-state index in [0.717, 1.165) is 42.3 Å². The van der Waals surface area contributed by atoms with Crippen LogP contribution < -0.4 is 5.32 Å². The number of nitrogens with one attached hydrogen (secondary N) is 1. The van der Waals surface area contributed by atoms with Crippen molar-refractivity contribution in [2.75, 3.05) is 18.4 Å². The summed E-state index contributed by atoms with van der Waals surface area (Å²) in [6.45, 7) is 7.46. The normalized spacial score (nSPS) is 16.4. The molecule has 1 N–H and O–H groups in total. The lowest BCUT2D eigenvalue weighted by molar-refractivity contribution is -0.132. The topological polar surface area (TPSA) is 97.0 Å². The molecule has 1 fully saturated rings. The van der Waals surface area contributed by atoms with Gasteiger partial charge in [-0.05, 0) is 44.0 Å². The van der Waals surface area contributed by atoms with Crippen LogP contribution in [-0.2, 0) is 11.2 Å². The number of aryl methyl sites for hydroxylation is 2. The second-order valence-electron chi connectivity index (χ2n) is 8.63. The molecule has 3 aromatic rings. The molecule has 1 aliphatic rings. The van der Waals surface area contributed by atoms with Crippen LogP contribution in [0, 0.1) is 6.92 Å². The molecule has 0 aliphatic carbocycles. The molecule has 1 saturated heterocycles. The van der Waals surface area contributed by atoms with Gasteiger partial charge in [0.15, 0.2) is 0 Å². The fourth-order valence-corrected chi connectivity index (χ4v) is 3.90. The largest absolute Gasteiger partial charge is 0.425 e. The summed E-state index contributed by atoms with van der Waals surface area (Å²) >= 11 is 0. The number of carbonyl (C=O) groups excluding carboxylic acids is 1. The molecule has 1 aliphatic heterocycles. The summed E-state index contributed by atoms with van der Waals surface area (Å²) in [7, 11) is 0. The van der Waals surface area contributed by atoms with E-state index in [0.29, 0.717) is 31.2 Å². The van der Waals surface area contributed by atoms with Crippen molar-refractivity contribution in [2.45, 2.75) is 58.3 Å². The number of pyridine rings is 2. The number of anilines is 2. The van der Waals surface area contributed by atoms with Crippen molar-refractivity contribution in [1.29, 1.82) is 0 Å². The highest BCUT2D eigenvalue weighted by molar-refractivity contribution is 5.76. The summed E-state index contributed by atoms with van der Waals surface area (Å²) in [5.74, 6) is 2.52. The van der Waals surface area contributed by atoms with Gasteiger partial charge in [-0.3, -0.25) is 9.78 Å². The van der Waals surface area contributed by atoms with E-state index < -0.39 is 0 Å². The third-order valence-electron chi connectivity index (χ3n) is 5.67. The van der Waals surface area contributed by atoms with Crippen molar-refractivity contribution in [3.05, 3.63) is 59.7 Å². The number of hydrogen-bond acceptors (Lipinski definition) is 7. The maximum Gasteiger partial charge on any atom is 0.223 e. The zero-order chi connectivity index (χ0) is 22.5. The summed E-state index contributed by atoms with van der Waals surface area (Å²) < 4.78 is 5.62. The highest BCUT2D eigenvalue weighted by atomic mass is 16.4. The predicted octanol–water partition coefficient (Wildman–Crippen LogP) is 4.37. The van der Waals surface area contributed by atoms with E-state index in [1.54, 1.807) is 0 Å². The SMILES string of the molecule is Cc1cccc(Nc2ccc([C@@H]3CCCN(C(=O)CCc4nnc(C(C)C)o4)C3)nc2)n1. The second kappa shape index (κ2) is 9.89. The van der Waals surface area contributed by atoms with Gasteiger partial charge >= 0.3 is 0 Å². The summed E-state index contributed by atoms with van der Waals surface area (Å²) in [5.41, 5.74) is 2.88. The smallest absolute Gasteiger partial charge is 0.223 e. The van der Waals surface area contributed by atoms with Crippen LogP contribution in [0.5, 0.6) is 0 Å². The van der Waals surface area contributed by atoms with E-state index in [2.05, 4.69) is 25.5 Å². The van der Waals surface area contributed by atoms with E-state index in [9.17, 15) is 4.79 Å². The maximum atomic E-state index is 12.8. The minimum absolute atomic E-state index is 0.128. The van der Waals surface area contributed by atoms with Crippen LogP contribution in [0.1, 0.15) is 68.1 Å². The Kier molecular flexibility index (Phi) is 6.78. The van der Waals surface area contributed by atoms with Crippen LogP contribution in [0.15, 0.2) is 40.9 Å². The van der Waals surface area contributed by atoms with Crippen LogP contribution in [0.4, 0.5) is 11.5 Å². The van der Waals surface area contributed by atoms with E-state index in [1.165, 1.54) is 0 Å². The number of hydrogen-bond donors (Lipinski definition) is 1. The Morgan fingerprint density at radius 3 is 2.84 bits per heavy atom. The lowest BCUT2D eigenvalue weighted by Gasteiger charge is -2.32. The zero-order valence-electron chi connectivity index (χ0n) is 18.9. The number of piperidine rings is 1. The van der Waals surface area contributed by atoms with Gasteiger partial charge in [0.1, 0.15) is 5.82 Å². The van der Waals surface area contributed by atoms with E-state index in [4.69, 9.17) is 4.42 Å². The van der Waals surface area contributed by atoms with Gasteiger partial charge < -0.3 is 14.6 Å². The minimum atomic E-state index is 0.128. The average molecular weight is 435 g/mol. The Labute approximate surface area is 188 Å². The molecule has 0 aromatic carbocycles. The van der Waals surface area contributed by atoms with Crippen LogP contribution >= 0.6 is 0 Å². The molecule has 1 atom stereocenters. The number of rotatable bonds is 7. The zero-order valence-corrected chi connectivity index (χ0v) is 18.9. The highest BCUT2D eigenvalue weighted by Gasteiger charge is 2.25. The lowest BCUT2D eigenvalue weighted by Crippen LogP contribution is -2.39. The van der Waals surface area contributed by atoms with Crippen LogP contribution in [0.2, 0.25) is 0 Å². The Bertz CT molecular complexity index is 1050. The first kappa shape index (κ1) is 21.9. The molecule has 0 saturated carbocycles. The standard InChI is InChI=1S/C24H30N6O2/c1-16(2)24-29-28-22(32-24)11-12-23(31)30-13-5-7-18(15-30)20-10-9-19(14-25-20)27-21-8-4-6-17(3)26-21/h4,6,8-10,14,16,18H,5,7,11-13,15H2,1-3H3,(H,26,27)/t18-/m1/s1. The van der Waals surface area contributed by atoms with Gasteiger partial charge in [-0.15, -0.1) is 10.2 Å². The number of carbonyl (C=O) groups is 1. The molecule has 0 unspecified atom stereocenters. The number of likely N-dealkylation sites (tertiary alicyclic amines) is 1. The average Bonchev–Trinajstić information content (AvgIpc) is 3.28. The minimum Gasteiger partial charge on any atom is -0.425 e. The maximum absolute atomic E-state index is 12.8. The van der Waals surface area contributed by atoms with Crippen LogP contribution in [0.25, 0.3) is 0 Å². The van der Waals surface area contributed by atoms with Gasteiger partial charge in [0, 0.05) is 49.2 Å². The van der Waals surface area contributed by atoms with Gasteiger partial charge in [-0.1, -0.05) is 19.9 Å². The fourth-order valence-electron chi connectivity index (χ4n) is 3.90. The third kappa shape index (κ3) is 5.49. The molecule has 4 heterocycles. The van der Waals surface area contributed by atoms with Crippen molar-refractivity contribution >= 4 is 17.4 Å². The van der Waals surface area contributed by atoms with Gasteiger partial charge in [0.05, 0.1) is 11.9 Å². The van der Waals surface area contributed by atoms with Gasteiger partial charge in [0.25, 0.3) is 0 Å². The molecular formula is C24H30N6O2. The highest BCUT2D eigenvalue weighted by Crippen LogP contribution is 2.27. The van der Waals surface area contributed by atoms with E-state index >= 15 is 0 Å². The van der Waals surface area contributed by atoms with E-state index in [1.807, 2.05) is 62.2 Å².